The quantitative estimate of drug-likeness (QED) is 0.390. The van der Waals surface area contributed by atoms with Crippen LogP contribution in [-0.4, -0.2) is 35.9 Å². The molecule has 1 unspecified atom stereocenters. The molecule has 0 aromatic rings. The van der Waals surface area contributed by atoms with Gasteiger partial charge in [-0.2, -0.15) is 22.3 Å². The smallest absolute Gasteiger partial charge is 0.143 e. The molecule has 0 radical (unpaired) electrons. The fourth-order valence-electron chi connectivity index (χ4n) is 1.61. The average molecular weight is 330 g/mol. The van der Waals surface area contributed by atoms with Gasteiger partial charge in [-0.15, -0.1) is 0 Å². The molecule has 3 nitrogen and oxygen atoms in total. The van der Waals surface area contributed by atoms with Crippen LogP contribution in [0.15, 0.2) is 0 Å². The van der Waals surface area contributed by atoms with Gasteiger partial charge in [-0.1, -0.05) is 6.92 Å². The Hall–Kier alpha value is 0.710. The standard InChI is InChI=1S/C12H27NO2S.BrH/c1-7-12(16)8-9-13(6,14-10(2)3)15-11(4)5;/h10-12H,7-9H2,1-6H3;1H. The molecule has 0 fully saturated rings. The first-order valence-corrected chi connectivity index (χ1v) is 6.71. The van der Waals surface area contributed by atoms with Crippen molar-refractivity contribution < 1.29 is 31.5 Å². The lowest BCUT2D eigenvalue weighted by atomic mass is 10.2. The maximum absolute atomic E-state index is 5.82. The average Bonchev–Trinajstić information content (AvgIpc) is 2.11. The van der Waals surface area contributed by atoms with Gasteiger partial charge in [0.25, 0.3) is 0 Å². The number of halogens is 1. The first-order valence-electron chi connectivity index (χ1n) is 6.19. The summed E-state index contributed by atoms with van der Waals surface area (Å²) in [5.74, 6) is 0. The summed E-state index contributed by atoms with van der Waals surface area (Å²) in [6.45, 7) is 11.1. The summed E-state index contributed by atoms with van der Waals surface area (Å²) in [5.41, 5.74) is 0. The minimum atomic E-state index is 0. The third-order valence-electron chi connectivity index (χ3n) is 2.21. The molecule has 0 heterocycles. The van der Waals surface area contributed by atoms with Crippen LogP contribution in [0.4, 0.5) is 0 Å². The zero-order chi connectivity index (χ0) is 12.8. The highest BCUT2D eigenvalue weighted by molar-refractivity contribution is 7.80. The maximum atomic E-state index is 5.82. The van der Waals surface area contributed by atoms with E-state index in [-0.39, 0.29) is 34.0 Å². The van der Waals surface area contributed by atoms with Crippen molar-refractivity contribution in [1.29, 1.82) is 0 Å². The topological polar surface area (TPSA) is 18.5 Å². The van der Waals surface area contributed by atoms with E-state index >= 15 is 0 Å². The highest BCUT2D eigenvalue weighted by atomic mass is 79.9. The summed E-state index contributed by atoms with van der Waals surface area (Å²) in [6.07, 6.45) is 2.38. The van der Waals surface area contributed by atoms with E-state index in [0.29, 0.717) is 5.25 Å². The minimum absolute atomic E-state index is 0. The van der Waals surface area contributed by atoms with Crippen LogP contribution in [0.1, 0.15) is 47.5 Å². The van der Waals surface area contributed by atoms with Gasteiger partial charge in [0, 0.05) is 11.7 Å². The molecule has 0 aromatic carbocycles. The van der Waals surface area contributed by atoms with Crippen LogP contribution < -0.4 is 17.0 Å². The molecular weight excluding hydrogens is 302 g/mol. The number of quaternary nitrogens is 1. The van der Waals surface area contributed by atoms with Gasteiger partial charge >= 0.3 is 0 Å². The molecule has 0 rings (SSSR count). The normalized spacial score (nSPS) is 13.9. The molecule has 5 heteroatoms. The Kier molecular flexibility index (Phi) is 11.3. The fourth-order valence-corrected chi connectivity index (χ4v) is 1.73. The molecule has 0 aliphatic carbocycles. The Morgan fingerprint density at radius 2 is 1.47 bits per heavy atom. The number of thiol groups is 1. The summed E-state index contributed by atoms with van der Waals surface area (Å²) in [6, 6.07) is 0. The van der Waals surface area contributed by atoms with Crippen molar-refractivity contribution in [2.24, 2.45) is 0 Å². The van der Waals surface area contributed by atoms with E-state index in [2.05, 4.69) is 19.6 Å². The van der Waals surface area contributed by atoms with Crippen LogP contribution in [0.3, 0.4) is 0 Å². The molecule has 0 aromatic heterocycles. The molecule has 0 aliphatic rings. The molecule has 0 N–H and O–H groups in total. The first kappa shape index (κ1) is 20.0. The third-order valence-corrected chi connectivity index (χ3v) is 2.83. The van der Waals surface area contributed by atoms with E-state index in [1.807, 2.05) is 34.7 Å². The Bertz CT molecular complexity index is 181. The number of hydrogen-bond donors (Lipinski definition) is 1. The van der Waals surface area contributed by atoms with Crippen molar-refractivity contribution in [2.75, 3.05) is 13.6 Å². The summed E-state index contributed by atoms with van der Waals surface area (Å²) < 4.78 is 0. The second-order valence-electron chi connectivity index (χ2n) is 4.90. The number of hydroxylamine groups is 4. The van der Waals surface area contributed by atoms with E-state index in [4.69, 9.17) is 9.68 Å². The van der Waals surface area contributed by atoms with E-state index in [0.717, 1.165) is 19.4 Å². The SMILES string of the molecule is CCC(S)CC[N+](C)(OC(C)C)OC(C)C.[Br-]. The Morgan fingerprint density at radius 1 is 1.06 bits per heavy atom. The molecule has 0 saturated heterocycles. The molecule has 1 atom stereocenters. The lowest BCUT2D eigenvalue weighted by molar-refractivity contribution is -1.24. The van der Waals surface area contributed by atoms with Crippen LogP contribution >= 0.6 is 12.6 Å². The lowest BCUT2D eigenvalue weighted by Crippen LogP contribution is -3.00. The molecule has 0 amide bonds. The van der Waals surface area contributed by atoms with Crippen LogP contribution in [0, 0.1) is 0 Å². The highest BCUT2D eigenvalue weighted by Crippen LogP contribution is 2.16. The van der Waals surface area contributed by atoms with Gasteiger partial charge in [-0.3, -0.25) is 0 Å². The summed E-state index contributed by atoms with van der Waals surface area (Å²) in [7, 11) is 1.97. The molecule has 0 spiro atoms. The van der Waals surface area contributed by atoms with Gasteiger partial charge < -0.3 is 17.0 Å². The molecular formula is C12H28BrNO2S. The van der Waals surface area contributed by atoms with E-state index in [1.165, 1.54) is 0 Å². The second kappa shape index (κ2) is 9.62. The van der Waals surface area contributed by atoms with Gasteiger partial charge in [0.05, 0.1) is 0 Å². The molecule has 0 bridgehead atoms. The number of nitrogens with zero attached hydrogens (tertiary/aromatic N) is 1. The van der Waals surface area contributed by atoms with Crippen molar-refractivity contribution in [3.8, 4) is 0 Å². The van der Waals surface area contributed by atoms with Crippen molar-refractivity contribution in [1.82, 2.24) is 0 Å². The van der Waals surface area contributed by atoms with Crippen molar-refractivity contribution in [3.63, 3.8) is 0 Å². The molecule has 0 saturated carbocycles. The van der Waals surface area contributed by atoms with Gasteiger partial charge in [0.15, 0.2) is 0 Å². The van der Waals surface area contributed by atoms with E-state index in [1.54, 1.807) is 0 Å². The van der Waals surface area contributed by atoms with Crippen molar-refractivity contribution in [3.05, 3.63) is 0 Å². The van der Waals surface area contributed by atoms with E-state index in [9.17, 15) is 0 Å². The van der Waals surface area contributed by atoms with Crippen LogP contribution in [0.25, 0.3) is 0 Å². The zero-order valence-electron chi connectivity index (χ0n) is 11.9. The molecule has 0 aliphatic heterocycles. The summed E-state index contributed by atoms with van der Waals surface area (Å²) in [4.78, 5) is 11.9. The van der Waals surface area contributed by atoms with E-state index < -0.39 is 0 Å². The molecule has 106 valence electrons. The maximum Gasteiger partial charge on any atom is 0.143 e. The van der Waals surface area contributed by atoms with Gasteiger partial charge in [0.1, 0.15) is 25.8 Å². The lowest BCUT2D eigenvalue weighted by Gasteiger charge is -2.32. The van der Waals surface area contributed by atoms with Crippen LogP contribution in [0.2, 0.25) is 0 Å². The highest BCUT2D eigenvalue weighted by Gasteiger charge is 2.29. The summed E-state index contributed by atoms with van der Waals surface area (Å²) >= 11 is 4.50. The Balaban J connectivity index is 0. The van der Waals surface area contributed by atoms with Gasteiger partial charge in [-0.25, -0.2) is 0 Å². The largest absolute Gasteiger partial charge is 1.00 e. The van der Waals surface area contributed by atoms with Crippen LogP contribution in [0.5, 0.6) is 0 Å². The number of hydrogen-bond acceptors (Lipinski definition) is 3. The Labute approximate surface area is 123 Å². The number of rotatable bonds is 8. The predicted octanol–water partition coefficient (Wildman–Crippen LogP) is 0.216. The first-order chi connectivity index (χ1) is 7.29. The zero-order valence-corrected chi connectivity index (χ0v) is 14.4. The predicted molar refractivity (Wildman–Crippen MR) is 71.2 cm³/mol. The van der Waals surface area contributed by atoms with Gasteiger partial charge in [0.2, 0.25) is 0 Å². The fraction of sp³-hybridized carbons (Fsp3) is 1.00. The third kappa shape index (κ3) is 10.3. The summed E-state index contributed by atoms with van der Waals surface area (Å²) in [5, 5.41) is 0.420. The Morgan fingerprint density at radius 3 is 1.76 bits per heavy atom. The van der Waals surface area contributed by atoms with Crippen LogP contribution in [-0.2, 0) is 9.68 Å². The second-order valence-corrected chi connectivity index (χ2v) is 5.63. The monoisotopic (exact) mass is 329 g/mol. The minimum Gasteiger partial charge on any atom is -1.00 e. The van der Waals surface area contributed by atoms with Crippen molar-refractivity contribution in [2.45, 2.75) is 64.9 Å². The van der Waals surface area contributed by atoms with Gasteiger partial charge in [-0.05, 0) is 38.9 Å². The molecule has 17 heavy (non-hydrogen) atoms. The van der Waals surface area contributed by atoms with Crippen molar-refractivity contribution >= 4 is 12.6 Å².